The third kappa shape index (κ3) is 3.46. The van der Waals surface area contributed by atoms with Gasteiger partial charge in [0.25, 0.3) is 0 Å². The molecule has 0 saturated heterocycles. The van der Waals surface area contributed by atoms with E-state index in [0.717, 1.165) is 37.4 Å². The Morgan fingerprint density at radius 2 is 2.26 bits per heavy atom. The Hall–Kier alpha value is -1.57. The van der Waals surface area contributed by atoms with Crippen LogP contribution in [0.5, 0.6) is 0 Å². The first-order valence-electron chi connectivity index (χ1n) is 6.19. The van der Waals surface area contributed by atoms with Gasteiger partial charge in [-0.15, -0.1) is 0 Å². The fourth-order valence-electron chi connectivity index (χ4n) is 2.19. The molecule has 0 aromatic carbocycles. The summed E-state index contributed by atoms with van der Waals surface area (Å²) in [5.74, 6) is 0.0635. The second-order valence-corrected chi connectivity index (χ2v) is 5.56. The number of rotatable bonds is 5. The summed E-state index contributed by atoms with van der Waals surface area (Å²) >= 11 is 1.09. The zero-order valence-corrected chi connectivity index (χ0v) is 11.5. The third-order valence-corrected chi connectivity index (χ3v) is 4.09. The van der Waals surface area contributed by atoms with E-state index in [-0.39, 0.29) is 28.4 Å². The van der Waals surface area contributed by atoms with Gasteiger partial charge in [0.15, 0.2) is 5.03 Å². The molecular weight excluding hydrogens is 268 g/mol. The number of amides is 1. The number of hydrogen-bond donors (Lipinski definition) is 2. The Kier molecular flexibility index (Phi) is 4.41. The first kappa shape index (κ1) is 13.9. The quantitative estimate of drug-likeness (QED) is 0.487. The molecule has 19 heavy (non-hydrogen) atoms. The molecule has 0 radical (unpaired) electrons. The van der Waals surface area contributed by atoms with Crippen LogP contribution in [0.25, 0.3) is 0 Å². The van der Waals surface area contributed by atoms with Crippen LogP contribution in [0.1, 0.15) is 31.4 Å². The Morgan fingerprint density at radius 1 is 1.58 bits per heavy atom. The van der Waals surface area contributed by atoms with Crippen molar-refractivity contribution >= 4 is 23.4 Å². The number of hydrogen-bond acceptors (Lipinski definition) is 5. The van der Waals surface area contributed by atoms with Crippen LogP contribution >= 0.6 is 11.8 Å². The highest BCUT2D eigenvalue weighted by Gasteiger charge is 2.23. The van der Waals surface area contributed by atoms with Crippen molar-refractivity contribution in [2.75, 3.05) is 5.75 Å². The highest BCUT2D eigenvalue weighted by Crippen LogP contribution is 2.29. The normalized spacial score (nSPS) is 15.6. The Labute approximate surface area is 114 Å². The van der Waals surface area contributed by atoms with E-state index in [0.29, 0.717) is 5.69 Å². The van der Waals surface area contributed by atoms with E-state index in [4.69, 9.17) is 0 Å². The average molecular weight is 284 g/mol. The van der Waals surface area contributed by atoms with Gasteiger partial charge in [-0.3, -0.25) is 20.0 Å². The molecule has 1 aromatic rings. The van der Waals surface area contributed by atoms with E-state index in [1.165, 1.54) is 0 Å². The first-order chi connectivity index (χ1) is 9.08. The number of nitrogens with one attached hydrogen (secondary N) is 2. The van der Waals surface area contributed by atoms with Gasteiger partial charge in [-0.05, 0) is 19.8 Å². The number of H-pyrrole nitrogens is 1. The molecule has 0 unspecified atom stereocenters. The summed E-state index contributed by atoms with van der Waals surface area (Å²) in [4.78, 5) is 22.1. The van der Waals surface area contributed by atoms with Crippen molar-refractivity contribution in [3.63, 3.8) is 0 Å². The molecule has 1 fully saturated rings. The van der Waals surface area contributed by atoms with Gasteiger partial charge in [-0.1, -0.05) is 24.6 Å². The van der Waals surface area contributed by atoms with Crippen LogP contribution < -0.4 is 5.32 Å². The van der Waals surface area contributed by atoms with E-state index in [9.17, 15) is 14.9 Å². The molecule has 1 heterocycles. The van der Waals surface area contributed by atoms with Gasteiger partial charge < -0.3 is 5.32 Å². The minimum Gasteiger partial charge on any atom is -0.353 e. The number of aromatic amines is 1. The van der Waals surface area contributed by atoms with Gasteiger partial charge in [0.2, 0.25) is 5.91 Å². The van der Waals surface area contributed by atoms with Crippen molar-refractivity contribution in [2.45, 2.75) is 43.7 Å². The predicted octanol–water partition coefficient (Wildman–Crippen LogP) is 1.78. The van der Waals surface area contributed by atoms with Crippen molar-refractivity contribution in [2.24, 2.45) is 0 Å². The zero-order valence-electron chi connectivity index (χ0n) is 10.6. The van der Waals surface area contributed by atoms with Crippen LogP contribution in [-0.2, 0) is 4.79 Å². The molecule has 0 bridgehead atoms. The summed E-state index contributed by atoms with van der Waals surface area (Å²) in [6, 6.07) is 0.268. The first-order valence-corrected chi connectivity index (χ1v) is 7.18. The Morgan fingerprint density at radius 3 is 2.89 bits per heavy atom. The van der Waals surface area contributed by atoms with Gasteiger partial charge >= 0.3 is 5.69 Å². The topological polar surface area (TPSA) is 101 Å². The molecule has 0 spiro atoms. The summed E-state index contributed by atoms with van der Waals surface area (Å²) < 4.78 is 0. The molecule has 2 rings (SSSR count). The summed E-state index contributed by atoms with van der Waals surface area (Å²) in [5, 5.41) is 20.5. The largest absolute Gasteiger partial charge is 0.353 e. The fraction of sp³-hybridized carbons (Fsp3) is 0.636. The highest BCUT2D eigenvalue weighted by atomic mass is 32.2. The standard InChI is InChI=1S/C11H16N4O3S/c1-7-10(15(17)18)11(14-13-7)19-6-9(16)12-8-4-2-3-5-8/h8H,2-6H2,1H3,(H,12,16)(H,13,14). The van der Waals surface area contributed by atoms with Crippen molar-refractivity contribution < 1.29 is 9.72 Å². The SMILES string of the molecule is Cc1[nH]nc(SCC(=O)NC2CCCC2)c1[N+](=O)[O-]. The summed E-state index contributed by atoms with van der Waals surface area (Å²) in [6.07, 6.45) is 4.36. The van der Waals surface area contributed by atoms with Gasteiger partial charge in [0.1, 0.15) is 5.69 Å². The van der Waals surface area contributed by atoms with E-state index in [1.54, 1.807) is 6.92 Å². The van der Waals surface area contributed by atoms with E-state index >= 15 is 0 Å². The minimum atomic E-state index is -0.476. The smallest absolute Gasteiger partial charge is 0.323 e. The lowest BCUT2D eigenvalue weighted by Gasteiger charge is -2.10. The predicted molar refractivity (Wildman–Crippen MR) is 71.1 cm³/mol. The molecule has 1 aliphatic rings. The van der Waals surface area contributed by atoms with Crippen molar-refractivity contribution in [1.82, 2.24) is 15.5 Å². The summed E-state index contributed by atoms with van der Waals surface area (Å²) in [5.41, 5.74) is 0.363. The van der Waals surface area contributed by atoms with Crippen LogP contribution in [0.4, 0.5) is 5.69 Å². The van der Waals surface area contributed by atoms with Gasteiger partial charge in [0.05, 0.1) is 10.7 Å². The molecule has 0 atom stereocenters. The minimum absolute atomic E-state index is 0.0429. The Bertz CT molecular complexity index is 482. The van der Waals surface area contributed by atoms with Crippen molar-refractivity contribution in [3.05, 3.63) is 15.8 Å². The summed E-state index contributed by atoms with van der Waals surface area (Å²) in [6.45, 7) is 1.59. The number of aryl methyl sites for hydroxylation is 1. The molecular formula is C11H16N4O3S. The lowest BCUT2D eigenvalue weighted by atomic mass is 10.2. The van der Waals surface area contributed by atoms with E-state index < -0.39 is 4.92 Å². The van der Waals surface area contributed by atoms with Crippen LogP contribution in [0.3, 0.4) is 0 Å². The molecule has 104 valence electrons. The number of carbonyl (C=O) groups excluding carboxylic acids is 1. The van der Waals surface area contributed by atoms with E-state index in [1.807, 2.05) is 0 Å². The molecule has 1 saturated carbocycles. The second-order valence-electron chi connectivity index (χ2n) is 4.60. The fourth-order valence-corrected chi connectivity index (χ4v) is 3.02. The second kappa shape index (κ2) is 6.05. The van der Waals surface area contributed by atoms with E-state index in [2.05, 4.69) is 15.5 Å². The van der Waals surface area contributed by atoms with Crippen molar-refractivity contribution in [3.8, 4) is 0 Å². The van der Waals surface area contributed by atoms with Crippen molar-refractivity contribution in [1.29, 1.82) is 0 Å². The number of thioether (sulfide) groups is 1. The number of nitro groups is 1. The lowest BCUT2D eigenvalue weighted by molar-refractivity contribution is -0.388. The van der Waals surface area contributed by atoms with Gasteiger partial charge in [0, 0.05) is 6.04 Å². The van der Waals surface area contributed by atoms with Crippen LogP contribution in [-0.4, -0.2) is 32.8 Å². The average Bonchev–Trinajstić information content (AvgIpc) is 2.96. The molecule has 2 N–H and O–H groups in total. The summed E-state index contributed by atoms with van der Waals surface area (Å²) in [7, 11) is 0. The maximum atomic E-state index is 11.7. The maximum Gasteiger partial charge on any atom is 0.323 e. The van der Waals surface area contributed by atoms with Crippen LogP contribution in [0, 0.1) is 17.0 Å². The number of carbonyl (C=O) groups is 1. The monoisotopic (exact) mass is 284 g/mol. The molecule has 1 aromatic heterocycles. The molecule has 1 amide bonds. The molecule has 8 heteroatoms. The zero-order chi connectivity index (χ0) is 13.8. The molecule has 7 nitrogen and oxygen atoms in total. The van der Waals surface area contributed by atoms with Gasteiger partial charge in [-0.25, -0.2) is 0 Å². The molecule has 0 aliphatic heterocycles. The van der Waals surface area contributed by atoms with Gasteiger partial charge in [-0.2, -0.15) is 5.10 Å². The molecule has 1 aliphatic carbocycles. The highest BCUT2D eigenvalue weighted by molar-refractivity contribution is 8.00. The van der Waals surface area contributed by atoms with Crippen LogP contribution in [0.2, 0.25) is 0 Å². The maximum absolute atomic E-state index is 11.7. The third-order valence-electron chi connectivity index (χ3n) is 3.13. The number of nitrogens with zero attached hydrogens (tertiary/aromatic N) is 2. The number of aromatic nitrogens is 2. The lowest BCUT2D eigenvalue weighted by Crippen LogP contribution is -2.33. The Balaban J connectivity index is 1.88. The van der Waals surface area contributed by atoms with Crippen LogP contribution in [0.15, 0.2) is 5.03 Å².